The maximum absolute atomic E-state index is 13.3. The van der Waals surface area contributed by atoms with Crippen molar-refractivity contribution in [2.24, 2.45) is 5.73 Å². The van der Waals surface area contributed by atoms with Crippen molar-refractivity contribution >= 4 is 16.8 Å². The predicted molar refractivity (Wildman–Crippen MR) is 95.4 cm³/mol. The number of carbonyl (C=O) groups is 1. The number of benzene rings is 3. The van der Waals surface area contributed by atoms with Gasteiger partial charge in [0.05, 0.1) is 11.7 Å². The van der Waals surface area contributed by atoms with E-state index in [0.29, 0.717) is 5.56 Å². The normalized spacial score (nSPS) is 10.9. The van der Waals surface area contributed by atoms with Gasteiger partial charge in [-0.2, -0.15) is 5.10 Å². The number of nitrogens with one attached hydrogen (secondary N) is 1. The van der Waals surface area contributed by atoms with E-state index in [1.807, 2.05) is 24.3 Å². The van der Waals surface area contributed by atoms with Crippen molar-refractivity contribution in [2.45, 2.75) is 0 Å². The highest BCUT2D eigenvalue weighted by Crippen LogP contribution is 2.36. The van der Waals surface area contributed by atoms with E-state index in [1.165, 1.54) is 12.1 Å². The molecule has 0 spiro atoms. The van der Waals surface area contributed by atoms with Crippen molar-refractivity contribution in [2.75, 3.05) is 0 Å². The molecular weight excluding hydrogens is 317 g/mol. The summed E-state index contributed by atoms with van der Waals surface area (Å²) in [5.74, 6) is -0.817. The molecule has 0 radical (unpaired) electrons. The molecular formula is C20H14FN3O. The molecule has 25 heavy (non-hydrogen) atoms. The molecule has 1 amide bonds. The summed E-state index contributed by atoms with van der Waals surface area (Å²) in [5.41, 5.74) is 10.1. The third kappa shape index (κ3) is 2.65. The molecule has 1 heterocycles. The Labute approximate surface area is 143 Å². The Balaban J connectivity index is 2.00. The number of aromatic amines is 1. The van der Waals surface area contributed by atoms with Crippen molar-refractivity contribution in [3.8, 4) is 22.3 Å². The molecule has 4 nitrogen and oxygen atoms in total. The second-order valence-corrected chi connectivity index (χ2v) is 5.77. The Morgan fingerprint density at radius 1 is 1.00 bits per heavy atom. The molecule has 0 saturated carbocycles. The number of nitrogens with two attached hydrogens (primary N) is 1. The number of H-pyrrole nitrogens is 1. The smallest absolute Gasteiger partial charge is 0.249 e. The summed E-state index contributed by atoms with van der Waals surface area (Å²) in [7, 11) is 0. The summed E-state index contributed by atoms with van der Waals surface area (Å²) in [6, 6.07) is 17.3. The number of carbonyl (C=O) groups excluding carboxylic acids is 1. The van der Waals surface area contributed by atoms with Gasteiger partial charge in [-0.3, -0.25) is 9.89 Å². The van der Waals surface area contributed by atoms with Gasteiger partial charge in [0.25, 0.3) is 0 Å². The molecule has 4 aromatic rings. The fourth-order valence-electron chi connectivity index (χ4n) is 3.04. The van der Waals surface area contributed by atoms with E-state index in [2.05, 4.69) is 10.2 Å². The van der Waals surface area contributed by atoms with Crippen LogP contribution in [0, 0.1) is 5.82 Å². The van der Waals surface area contributed by atoms with Crippen LogP contribution < -0.4 is 5.73 Å². The van der Waals surface area contributed by atoms with Gasteiger partial charge in [-0.1, -0.05) is 30.3 Å². The zero-order valence-electron chi connectivity index (χ0n) is 13.2. The van der Waals surface area contributed by atoms with Crippen LogP contribution >= 0.6 is 0 Å². The zero-order chi connectivity index (χ0) is 17.4. The Bertz CT molecular complexity index is 1080. The van der Waals surface area contributed by atoms with Gasteiger partial charge in [0.15, 0.2) is 0 Å². The summed E-state index contributed by atoms with van der Waals surface area (Å²) in [6.45, 7) is 0. The quantitative estimate of drug-likeness (QED) is 0.592. The van der Waals surface area contributed by atoms with Gasteiger partial charge in [-0.05, 0) is 47.0 Å². The SMILES string of the molecule is NC(=O)c1cccc(-c2ccc(F)cc2)c1-c1ccc2[nH]ncc2c1. The van der Waals surface area contributed by atoms with Gasteiger partial charge in [0.2, 0.25) is 5.91 Å². The summed E-state index contributed by atoms with van der Waals surface area (Å²) in [5, 5.41) is 7.86. The summed E-state index contributed by atoms with van der Waals surface area (Å²) >= 11 is 0. The first-order chi connectivity index (χ1) is 12.1. The third-order valence-electron chi connectivity index (χ3n) is 4.21. The van der Waals surface area contributed by atoms with Gasteiger partial charge < -0.3 is 5.73 Å². The fourth-order valence-corrected chi connectivity index (χ4v) is 3.04. The number of nitrogens with zero attached hydrogens (tertiary/aromatic N) is 1. The molecule has 0 bridgehead atoms. The molecule has 5 heteroatoms. The van der Waals surface area contributed by atoms with Crippen molar-refractivity contribution < 1.29 is 9.18 Å². The first-order valence-electron chi connectivity index (χ1n) is 7.76. The molecule has 0 aliphatic carbocycles. The largest absolute Gasteiger partial charge is 0.366 e. The summed E-state index contributed by atoms with van der Waals surface area (Å²) < 4.78 is 13.3. The standard InChI is InChI=1S/C20H14FN3O/c21-15-7-4-12(5-8-15)16-2-1-3-17(20(22)25)19(16)13-6-9-18-14(10-13)11-23-24-18/h1-11H,(H2,22,25)(H,23,24). The van der Waals surface area contributed by atoms with Crippen LogP contribution in [0.2, 0.25) is 0 Å². The van der Waals surface area contributed by atoms with Gasteiger partial charge in [0.1, 0.15) is 5.82 Å². The Morgan fingerprint density at radius 3 is 2.52 bits per heavy atom. The van der Waals surface area contributed by atoms with Crippen LogP contribution in [0.25, 0.3) is 33.2 Å². The molecule has 3 N–H and O–H groups in total. The Morgan fingerprint density at radius 2 is 1.76 bits per heavy atom. The lowest BCUT2D eigenvalue weighted by atomic mass is 9.90. The topological polar surface area (TPSA) is 71.8 Å². The van der Waals surface area contributed by atoms with E-state index in [9.17, 15) is 9.18 Å². The Kier molecular flexibility index (Phi) is 3.54. The number of fused-ring (bicyclic) bond motifs is 1. The van der Waals surface area contributed by atoms with E-state index in [1.54, 1.807) is 30.5 Å². The van der Waals surface area contributed by atoms with Gasteiger partial charge in [-0.25, -0.2) is 4.39 Å². The zero-order valence-corrected chi connectivity index (χ0v) is 13.2. The minimum absolute atomic E-state index is 0.309. The first kappa shape index (κ1) is 15.1. The first-order valence-corrected chi connectivity index (χ1v) is 7.76. The molecule has 0 saturated heterocycles. The monoisotopic (exact) mass is 331 g/mol. The van der Waals surface area contributed by atoms with Crippen molar-refractivity contribution in [1.82, 2.24) is 10.2 Å². The number of hydrogen-bond donors (Lipinski definition) is 2. The maximum Gasteiger partial charge on any atom is 0.249 e. The minimum atomic E-state index is -0.508. The lowest BCUT2D eigenvalue weighted by Gasteiger charge is -2.14. The summed E-state index contributed by atoms with van der Waals surface area (Å²) in [6.07, 6.45) is 1.73. The van der Waals surface area contributed by atoms with Crippen molar-refractivity contribution in [3.05, 3.63) is 78.2 Å². The second kappa shape index (κ2) is 5.87. The lowest BCUT2D eigenvalue weighted by Crippen LogP contribution is -2.12. The molecule has 0 aliphatic heterocycles. The van der Waals surface area contributed by atoms with Crippen LogP contribution in [0.1, 0.15) is 10.4 Å². The fraction of sp³-hybridized carbons (Fsp3) is 0. The molecule has 3 aromatic carbocycles. The predicted octanol–water partition coefficient (Wildman–Crippen LogP) is 4.13. The number of hydrogen-bond acceptors (Lipinski definition) is 2. The van der Waals surface area contributed by atoms with Crippen LogP contribution in [-0.2, 0) is 0 Å². The highest BCUT2D eigenvalue weighted by molar-refractivity contribution is 6.05. The molecule has 0 unspecified atom stereocenters. The number of amides is 1. The van der Waals surface area contributed by atoms with Gasteiger partial charge in [-0.15, -0.1) is 0 Å². The van der Waals surface area contributed by atoms with E-state index < -0.39 is 5.91 Å². The highest BCUT2D eigenvalue weighted by atomic mass is 19.1. The van der Waals surface area contributed by atoms with E-state index in [0.717, 1.165) is 33.2 Å². The van der Waals surface area contributed by atoms with Crippen molar-refractivity contribution in [3.63, 3.8) is 0 Å². The van der Waals surface area contributed by atoms with Crippen LogP contribution in [-0.4, -0.2) is 16.1 Å². The van der Waals surface area contributed by atoms with Crippen LogP contribution in [0.5, 0.6) is 0 Å². The van der Waals surface area contributed by atoms with E-state index in [-0.39, 0.29) is 5.82 Å². The molecule has 122 valence electrons. The second-order valence-electron chi connectivity index (χ2n) is 5.77. The third-order valence-corrected chi connectivity index (χ3v) is 4.21. The maximum atomic E-state index is 13.3. The van der Waals surface area contributed by atoms with E-state index >= 15 is 0 Å². The number of rotatable bonds is 3. The van der Waals surface area contributed by atoms with Gasteiger partial charge >= 0.3 is 0 Å². The Hall–Kier alpha value is -3.47. The number of aromatic nitrogens is 2. The van der Waals surface area contributed by atoms with Crippen molar-refractivity contribution in [1.29, 1.82) is 0 Å². The molecule has 0 aliphatic rings. The lowest BCUT2D eigenvalue weighted by molar-refractivity contribution is 0.100. The van der Waals surface area contributed by atoms with Crippen LogP contribution in [0.15, 0.2) is 66.9 Å². The highest BCUT2D eigenvalue weighted by Gasteiger charge is 2.16. The average molecular weight is 331 g/mol. The molecule has 0 fully saturated rings. The molecule has 0 atom stereocenters. The summed E-state index contributed by atoms with van der Waals surface area (Å²) in [4.78, 5) is 12.0. The average Bonchev–Trinajstić information content (AvgIpc) is 3.09. The van der Waals surface area contributed by atoms with Crippen LogP contribution in [0.3, 0.4) is 0 Å². The number of primary amides is 1. The van der Waals surface area contributed by atoms with Gasteiger partial charge in [0, 0.05) is 16.5 Å². The van der Waals surface area contributed by atoms with E-state index in [4.69, 9.17) is 5.73 Å². The number of halogens is 1. The molecule has 1 aromatic heterocycles. The molecule has 4 rings (SSSR count). The minimum Gasteiger partial charge on any atom is -0.366 e. The van der Waals surface area contributed by atoms with Crippen LogP contribution in [0.4, 0.5) is 4.39 Å².